The lowest BCUT2D eigenvalue weighted by atomic mass is 10.3. The van der Waals surface area contributed by atoms with E-state index in [-0.39, 0.29) is 10.6 Å². The van der Waals surface area contributed by atoms with Gasteiger partial charge in [0.05, 0.1) is 13.7 Å². The topological polar surface area (TPSA) is 71.1 Å². The number of para-hydroxylation sites is 2. The second-order valence-corrected chi connectivity index (χ2v) is 6.05. The molecule has 0 bridgehead atoms. The first-order chi connectivity index (χ1) is 11.1. The van der Waals surface area contributed by atoms with Crippen molar-refractivity contribution in [3.63, 3.8) is 0 Å². The Balaban J connectivity index is 2.13. The van der Waals surface area contributed by atoms with Crippen molar-refractivity contribution in [1.82, 2.24) is 0 Å². The molecule has 0 aliphatic heterocycles. The van der Waals surface area contributed by atoms with Crippen molar-refractivity contribution < 1.29 is 26.8 Å². The quantitative estimate of drug-likeness (QED) is 0.544. The zero-order chi connectivity index (χ0) is 16.7. The minimum absolute atomic E-state index is 0.0301. The van der Waals surface area contributed by atoms with Crippen LogP contribution in [0.5, 0.6) is 17.2 Å². The summed E-state index contributed by atoms with van der Waals surface area (Å²) in [6.07, 6.45) is 0. The van der Waals surface area contributed by atoms with Crippen molar-refractivity contribution in [3.05, 3.63) is 48.5 Å². The number of methoxy groups -OCH3 is 2. The predicted molar refractivity (Wildman–Crippen MR) is 84.6 cm³/mol. The van der Waals surface area contributed by atoms with Crippen LogP contribution in [0.3, 0.4) is 0 Å². The Kier molecular flexibility index (Phi) is 5.84. The average Bonchev–Trinajstić information content (AvgIpc) is 2.56. The average molecular weight is 338 g/mol. The third-order valence-electron chi connectivity index (χ3n) is 2.94. The SMILES string of the molecule is COCCOc1ccc(S(=O)(=O)Oc2ccccc2OC)cc1. The maximum atomic E-state index is 12.3. The van der Waals surface area contributed by atoms with Crippen LogP contribution in [0.2, 0.25) is 0 Å². The molecule has 0 fully saturated rings. The van der Waals surface area contributed by atoms with Crippen molar-refractivity contribution in [2.75, 3.05) is 27.4 Å². The molecule has 0 saturated heterocycles. The van der Waals surface area contributed by atoms with Crippen molar-refractivity contribution in [2.45, 2.75) is 4.90 Å². The third kappa shape index (κ3) is 4.61. The fraction of sp³-hybridized carbons (Fsp3) is 0.250. The van der Waals surface area contributed by atoms with Crippen LogP contribution < -0.4 is 13.7 Å². The Morgan fingerprint density at radius 3 is 2.13 bits per heavy atom. The van der Waals surface area contributed by atoms with E-state index in [2.05, 4.69) is 0 Å². The highest BCUT2D eigenvalue weighted by molar-refractivity contribution is 7.87. The molecule has 0 atom stereocenters. The molecule has 7 heteroatoms. The standard InChI is InChI=1S/C16H18O6S/c1-19-11-12-21-13-7-9-14(10-8-13)23(17,18)22-16-6-4-3-5-15(16)20-2/h3-10H,11-12H2,1-2H3. The molecule has 0 spiro atoms. The molecule has 0 aromatic heterocycles. The van der Waals surface area contributed by atoms with Gasteiger partial charge in [-0.05, 0) is 36.4 Å². The van der Waals surface area contributed by atoms with Gasteiger partial charge in [0.2, 0.25) is 0 Å². The third-order valence-corrected chi connectivity index (χ3v) is 4.19. The highest BCUT2D eigenvalue weighted by Gasteiger charge is 2.18. The van der Waals surface area contributed by atoms with Gasteiger partial charge in [-0.25, -0.2) is 0 Å². The van der Waals surface area contributed by atoms with Gasteiger partial charge in [-0.1, -0.05) is 12.1 Å². The van der Waals surface area contributed by atoms with E-state index in [1.165, 1.54) is 25.3 Å². The lowest BCUT2D eigenvalue weighted by Gasteiger charge is -2.11. The van der Waals surface area contributed by atoms with Crippen LogP contribution in [0.1, 0.15) is 0 Å². The van der Waals surface area contributed by atoms with Gasteiger partial charge in [0.25, 0.3) is 0 Å². The summed E-state index contributed by atoms with van der Waals surface area (Å²) >= 11 is 0. The van der Waals surface area contributed by atoms with Crippen LogP contribution in [-0.2, 0) is 14.9 Å². The minimum Gasteiger partial charge on any atom is -0.493 e. The largest absolute Gasteiger partial charge is 0.493 e. The Labute approximate surface area is 135 Å². The fourth-order valence-electron chi connectivity index (χ4n) is 1.80. The maximum Gasteiger partial charge on any atom is 0.339 e. The second kappa shape index (κ2) is 7.85. The van der Waals surface area contributed by atoms with Crippen molar-refractivity contribution in [2.24, 2.45) is 0 Å². The zero-order valence-electron chi connectivity index (χ0n) is 12.9. The van der Waals surface area contributed by atoms with Gasteiger partial charge < -0.3 is 18.4 Å². The Bertz CT molecular complexity index is 724. The molecule has 0 N–H and O–H groups in total. The predicted octanol–water partition coefficient (Wildman–Crippen LogP) is 2.49. The molecule has 0 saturated carbocycles. The first-order valence-electron chi connectivity index (χ1n) is 6.86. The van der Waals surface area contributed by atoms with Gasteiger partial charge in [-0.15, -0.1) is 0 Å². The first-order valence-corrected chi connectivity index (χ1v) is 8.27. The molecular formula is C16H18O6S. The van der Waals surface area contributed by atoms with E-state index in [4.69, 9.17) is 18.4 Å². The number of hydrogen-bond donors (Lipinski definition) is 0. The smallest absolute Gasteiger partial charge is 0.339 e. The molecular weight excluding hydrogens is 320 g/mol. The molecule has 0 aliphatic rings. The van der Waals surface area contributed by atoms with E-state index in [9.17, 15) is 8.42 Å². The highest BCUT2D eigenvalue weighted by atomic mass is 32.2. The molecule has 0 amide bonds. The van der Waals surface area contributed by atoms with E-state index in [0.29, 0.717) is 24.7 Å². The lowest BCUT2D eigenvalue weighted by Crippen LogP contribution is -2.10. The molecule has 0 radical (unpaired) electrons. The summed E-state index contributed by atoms with van der Waals surface area (Å²) in [4.78, 5) is 0.0301. The lowest BCUT2D eigenvalue weighted by molar-refractivity contribution is 0.146. The minimum atomic E-state index is -3.95. The zero-order valence-corrected chi connectivity index (χ0v) is 13.7. The van der Waals surface area contributed by atoms with Gasteiger partial charge in [-0.2, -0.15) is 8.42 Å². The normalized spacial score (nSPS) is 11.0. The summed E-state index contributed by atoms with van der Waals surface area (Å²) in [5, 5.41) is 0. The number of ether oxygens (including phenoxy) is 3. The summed E-state index contributed by atoms with van der Waals surface area (Å²) in [6, 6.07) is 12.5. The second-order valence-electron chi connectivity index (χ2n) is 4.50. The van der Waals surface area contributed by atoms with E-state index < -0.39 is 10.1 Å². The summed E-state index contributed by atoms with van der Waals surface area (Å²) < 4.78 is 45.1. The molecule has 124 valence electrons. The van der Waals surface area contributed by atoms with E-state index in [1.54, 1.807) is 37.4 Å². The van der Waals surface area contributed by atoms with Gasteiger partial charge in [0.15, 0.2) is 11.5 Å². The van der Waals surface area contributed by atoms with Crippen LogP contribution >= 0.6 is 0 Å². The van der Waals surface area contributed by atoms with E-state index in [1.807, 2.05) is 0 Å². The van der Waals surface area contributed by atoms with Gasteiger partial charge in [0.1, 0.15) is 17.3 Å². The van der Waals surface area contributed by atoms with Crippen LogP contribution in [0.15, 0.2) is 53.4 Å². The van der Waals surface area contributed by atoms with Gasteiger partial charge >= 0.3 is 10.1 Å². The van der Waals surface area contributed by atoms with Crippen LogP contribution in [0.4, 0.5) is 0 Å². The molecule has 0 unspecified atom stereocenters. The van der Waals surface area contributed by atoms with E-state index >= 15 is 0 Å². The molecule has 2 rings (SSSR count). The van der Waals surface area contributed by atoms with Gasteiger partial charge in [-0.3, -0.25) is 0 Å². The first kappa shape index (κ1) is 17.1. The van der Waals surface area contributed by atoms with Crippen molar-refractivity contribution in [3.8, 4) is 17.2 Å². The van der Waals surface area contributed by atoms with Crippen LogP contribution in [0, 0.1) is 0 Å². The summed E-state index contributed by atoms with van der Waals surface area (Å²) in [6.45, 7) is 0.845. The summed E-state index contributed by atoms with van der Waals surface area (Å²) in [7, 11) is -0.925. The van der Waals surface area contributed by atoms with Crippen LogP contribution in [0.25, 0.3) is 0 Å². The Hall–Kier alpha value is -2.25. The number of rotatable bonds is 8. The summed E-state index contributed by atoms with van der Waals surface area (Å²) in [5.74, 6) is 1.03. The van der Waals surface area contributed by atoms with Crippen LogP contribution in [-0.4, -0.2) is 35.9 Å². The molecule has 2 aromatic carbocycles. The van der Waals surface area contributed by atoms with Crippen molar-refractivity contribution >= 4 is 10.1 Å². The monoisotopic (exact) mass is 338 g/mol. The number of hydrogen-bond acceptors (Lipinski definition) is 6. The summed E-state index contributed by atoms with van der Waals surface area (Å²) in [5.41, 5.74) is 0. The Morgan fingerprint density at radius 2 is 1.52 bits per heavy atom. The highest BCUT2D eigenvalue weighted by Crippen LogP contribution is 2.29. The fourth-order valence-corrected chi connectivity index (χ4v) is 2.74. The molecule has 6 nitrogen and oxygen atoms in total. The van der Waals surface area contributed by atoms with Crippen molar-refractivity contribution in [1.29, 1.82) is 0 Å². The molecule has 2 aromatic rings. The molecule has 23 heavy (non-hydrogen) atoms. The van der Waals surface area contributed by atoms with E-state index in [0.717, 1.165) is 0 Å². The molecule has 0 heterocycles. The van der Waals surface area contributed by atoms with Gasteiger partial charge in [0, 0.05) is 7.11 Å². The molecule has 0 aliphatic carbocycles. The number of benzene rings is 2. The maximum absolute atomic E-state index is 12.3. The Morgan fingerprint density at radius 1 is 0.870 bits per heavy atom.